The molecular formula is C13H21N3O3S. The molecule has 1 atom stereocenters. The van der Waals surface area contributed by atoms with Gasteiger partial charge in [-0.15, -0.1) is 0 Å². The molecule has 112 valence electrons. The van der Waals surface area contributed by atoms with Crippen molar-refractivity contribution in [3.8, 4) is 0 Å². The number of anilines is 1. The van der Waals surface area contributed by atoms with Gasteiger partial charge in [0.05, 0.1) is 4.90 Å². The minimum atomic E-state index is -3.43. The molecule has 0 spiro atoms. The van der Waals surface area contributed by atoms with E-state index in [0.717, 1.165) is 6.42 Å². The lowest BCUT2D eigenvalue weighted by Gasteiger charge is -2.15. The van der Waals surface area contributed by atoms with Gasteiger partial charge in [0, 0.05) is 12.2 Å². The zero-order chi connectivity index (χ0) is 15.2. The molecule has 0 fully saturated rings. The first-order valence-electron chi connectivity index (χ1n) is 6.48. The number of carbonyl (C=O) groups is 1. The first kappa shape index (κ1) is 16.5. The maximum atomic E-state index is 11.7. The van der Waals surface area contributed by atoms with Gasteiger partial charge < -0.3 is 10.6 Å². The van der Waals surface area contributed by atoms with E-state index >= 15 is 0 Å². The molecule has 1 aromatic carbocycles. The number of amides is 1. The summed E-state index contributed by atoms with van der Waals surface area (Å²) in [5.41, 5.74) is 0.694. The van der Waals surface area contributed by atoms with Gasteiger partial charge in [-0.2, -0.15) is 0 Å². The third kappa shape index (κ3) is 4.50. The maximum absolute atomic E-state index is 11.7. The van der Waals surface area contributed by atoms with Crippen LogP contribution in [-0.4, -0.2) is 34.0 Å². The van der Waals surface area contributed by atoms with E-state index in [1.807, 2.05) is 6.92 Å². The van der Waals surface area contributed by atoms with Crippen molar-refractivity contribution < 1.29 is 13.2 Å². The lowest BCUT2D eigenvalue weighted by Crippen LogP contribution is -2.37. The summed E-state index contributed by atoms with van der Waals surface area (Å²) in [6, 6.07) is 5.87. The van der Waals surface area contributed by atoms with Gasteiger partial charge in [-0.3, -0.25) is 4.79 Å². The molecule has 0 radical (unpaired) electrons. The Bertz CT molecular complexity index is 540. The number of benzene rings is 1. The first-order valence-corrected chi connectivity index (χ1v) is 7.97. The van der Waals surface area contributed by atoms with Crippen molar-refractivity contribution in [1.29, 1.82) is 0 Å². The third-order valence-corrected chi connectivity index (χ3v) is 4.19. The van der Waals surface area contributed by atoms with Gasteiger partial charge in [0.15, 0.2) is 0 Å². The van der Waals surface area contributed by atoms with E-state index in [2.05, 4.69) is 15.4 Å². The maximum Gasteiger partial charge on any atom is 0.242 e. The summed E-state index contributed by atoms with van der Waals surface area (Å²) in [4.78, 5) is 11.9. The van der Waals surface area contributed by atoms with Gasteiger partial charge >= 0.3 is 0 Å². The van der Waals surface area contributed by atoms with Gasteiger partial charge in [-0.1, -0.05) is 6.92 Å². The molecule has 7 heteroatoms. The lowest BCUT2D eigenvalue weighted by atomic mass is 10.2. The van der Waals surface area contributed by atoms with Crippen molar-refractivity contribution in [3.05, 3.63) is 24.3 Å². The van der Waals surface area contributed by atoms with Crippen LogP contribution in [0.5, 0.6) is 0 Å². The highest BCUT2D eigenvalue weighted by molar-refractivity contribution is 7.89. The Morgan fingerprint density at radius 2 is 1.85 bits per heavy atom. The summed E-state index contributed by atoms with van der Waals surface area (Å²) < 4.78 is 25.4. The van der Waals surface area contributed by atoms with Gasteiger partial charge in [-0.05, 0) is 44.7 Å². The summed E-state index contributed by atoms with van der Waals surface area (Å²) in [5, 5.41) is 5.81. The van der Waals surface area contributed by atoms with Crippen LogP contribution in [0.15, 0.2) is 29.2 Å². The normalized spacial score (nSPS) is 12.8. The standard InChI is InChI=1S/C13H21N3O3S/c1-4-9-15-13(17)10(2)16-11-5-7-12(8-6-11)20(18,19)14-3/h5-8,10,14,16H,4,9H2,1-3H3,(H,15,17). The van der Waals surface area contributed by atoms with Gasteiger partial charge in [0.25, 0.3) is 0 Å². The summed E-state index contributed by atoms with van der Waals surface area (Å²) in [7, 11) is -2.07. The Labute approximate surface area is 120 Å². The Kier molecular flexibility index (Phi) is 5.97. The topological polar surface area (TPSA) is 87.3 Å². The van der Waals surface area contributed by atoms with Crippen molar-refractivity contribution in [2.24, 2.45) is 0 Å². The highest BCUT2D eigenvalue weighted by Gasteiger charge is 2.13. The molecule has 0 aliphatic heterocycles. The highest BCUT2D eigenvalue weighted by Crippen LogP contribution is 2.14. The average molecular weight is 299 g/mol. The molecule has 1 rings (SSSR count). The van der Waals surface area contributed by atoms with E-state index in [0.29, 0.717) is 12.2 Å². The third-order valence-electron chi connectivity index (χ3n) is 2.76. The molecular weight excluding hydrogens is 278 g/mol. The molecule has 1 unspecified atom stereocenters. The molecule has 0 saturated carbocycles. The molecule has 1 amide bonds. The van der Waals surface area contributed by atoms with E-state index in [1.54, 1.807) is 19.1 Å². The second kappa shape index (κ2) is 7.25. The summed E-state index contributed by atoms with van der Waals surface area (Å²) >= 11 is 0. The lowest BCUT2D eigenvalue weighted by molar-refractivity contribution is -0.121. The number of hydrogen-bond donors (Lipinski definition) is 3. The molecule has 3 N–H and O–H groups in total. The van der Waals surface area contributed by atoms with Crippen LogP contribution in [0.1, 0.15) is 20.3 Å². The van der Waals surface area contributed by atoms with Crippen LogP contribution >= 0.6 is 0 Å². The van der Waals surface area contributed by atoms with Crippen LogP contribution in [0.3, 0.4) is 0 Å². The Balaban J connectivity index is 2.68. The smallest absolute Gasteiger partial charge is 0.242 e. The fourth-order valence-electron chi connectivity index (χ4n) is 1.57. The van der Waals surface area contributed by atoms with E-state index in [4.69, 9.17) is 0 Å². The largest absolute Gasteiger partial charge is 0.374 e. The predicted octanol–water partition coefficient (Wildman–Crippen LogP) is 0.921. The number of hydrogen-bond acceptors (Lipinski definition) is 4. The van der Waals surface area contributed by atoms with E-state index < -0.39 is 10.0 Å². The number of nitrogens with one attached hydrogen (secondary N) is 3. The van der Waals surface area contributed by atoms with Crippen LogP contribution in [0, 0.1) is 0 Å². The monoisotopic (exact) mass is 299 g/mol. The first-order chi connectivity index (χ1) is 9.40. The minimum absolute atomic E-state index is 0.0845. The molecule has 0 heterocycles. The molecule has 0 aliphatic carbocycles. The fraction of sp³-hybridized carbons (Fsp3) is 0.462. The number of rotatable bonds is 7. The predicted molar refractivity (Wildman–Crippen MR) is 79.1 cm³/mol. The zero-order valence-electron chi connectivity index (χ0n) is 11.9. The minimum Gasteiger partial charge on any atom is -0.374 e. The van der Waals surface area contributed by atoms with E-state index in [9.17, 15) is 13.2 Å². The Morgan fingerprint density at radius 1 is 1.25 bits per heavy atom. The van der Waals surface area contributed by atoms with Gasteiger partial charge in [0.2, 0.25) is 15.9 Å². The van der Waals surface area contributed by atoms with Crippen LogP contribution < -0.4 is 15.4 Å². The van der Waals surface area contributed by atoms with Crippen LogP contribution in [-0.2, 0) is 14.8 Å². The summed E-state index contributed by atoms with van der Waals surface area (Å²) in [6.07, 6.45) is 0.884. The average Bonchev–Trinajstić information content (AvgIpc) is 2.45. The van der Waals surface area contributed by atoms with Crippen LogP contribution in [0.4, 0.5) is 5.69 Å². The van der Waals surface area contributed by atoms with Crippen molar-refractivity contribution >= 4 is 21.6 Å². The molecule has 0 aromatic heterocycles. The van der Waals surface area contributed by atoms with Crippen molar-refractivity contribution in [3.63, 3.8) is 0 Å². The van der Waals surface area contributed by atoms with Gasteiger partial charge in [-0.25, -0.2) is 13.1 Å². The summed E-state index contributed by atoms with van der Waals surface area (Å²) in [5.74, 6) is -0.0845. The number of sulfonamides is 1. The Hall–Kier alpha value is -1.60. The molecule has 0 saturated heterocycles. The SMILES string of the molecule is CCCNC(=O)C(C)Nc1ccc(S(=O)(=O)NC)cc1. The number of carbonyl (C=O) groups excluding carboxylic acids is 1. The van der Waals surface area contributed by atoms with Gasteiger partial charge in [0.1, 0.15) is 6.04 Å². The van der Waals surface area contributed by atoms with E-state index in [1.165, 1.54) is 19.2 Å². The second-order valence-corrected chi connectivity index (χ2v) is 6.28. The molecule has 20 heavy (non-hydrogen) atoms. The van der Waals surface area contributed by atoms with E-state index in [-0.39, 0.29) is 16.8 Å². The van der Waals surface area contributed by atoms with Crippen molar-refractivity contribution in [1.82, 2.24) is 10.0 Å². The second-order valence-electron chi connectivity index (χ2n) is 4.39. The molecule has 1 aromatic rings. The quantitative estimate of drug-likeness (QED) is 0.699. The molecule has 0 bridgehead atoms. The van der Waals surface area contributed by atoms with Crippen molar-refractivity contribution in [2.45, 2.75) is 31.2 Å². The summed E-state index contributed by atoms with van der Waals surface area (Å²) in [6.45, 7) is 4.38. The Morgan fingerprint density at radius 3 is 2.35 bits per heavy atom. The zero-order valence-corrected chi connectivity index (χ0v) is 12.8. The van der Waals surface area contributed by atoms with Crippen LogP contribution in [0.2, 0.25) is 0 Å². The molecule has 6 nitrogen and oxygen atoms in total. The fourth-order valence-corrected chi connectivity index (χ4v) is 2.30. The van der Waals surface area contributed by atoms with Crippen LogP contribution in [0.25, 0.3) is 0 Å². The van der Waals surface area contributed by atoms with Crippen molar-refractivity contribution in [2.75, 3.05) is 18.9 Å². The molecule has 0 aliphatic rings. The highest BCUT2D eigenvalue weighted by atomic mass is 32.2.